The molecule has 2 rings (SSSR count). The highest BCUT2D eigenvalue weighted by atomic mass is 32.1. The number of piperidine rings is 1. The molecule has 2 N–H and O–H groups in total. The highest BCUT2D eigenvalue weighted by Crippen LogP contribution is 2.25. The average Bonchev–Trinajstić information content (AvgIpc) is 2.77. The number of carboxylic acid groups (broad SMARTS) is 1. The van der Waals surface area contributed by atoms with Gasteiger partial charge in [-0.15, -0.1) is 11.3 Å². The zero-order valence-corrected chi connectivity index (χ0v) is 13.4. The molecule has 21 heavy (non-hydrogen) atoms. The predicted molar refractivity (Wildman–Crippen MR) is 80.5 cm³/mol. The van der Waals surface area contributed by atoms with Crippen LogP contribution in [0.5, 0.6) is 0 Å². The summed E-state index contributed by atoms with van der Waals surface area (Å²) in [6, 6.07) is -0.312. The molecule has 1 aliphatic rings. The number of carboxylic acids is 1. The molecular formula is C14H21N3O3S. The fraction of sp³-hybridized carbons (Fsp3) is 0.643. The number of rotatable bonds is 3. The molecule has 0 aliphatic carbocycles. The first kappa shape index (κ1) is 15.8. The Morgan fingerprint density at radius 3 is 2.76 bits per heavy atom. The van der Waals surface area contributed by atoms with Crippen LogP contribution in [-0.4, -0.2) is 40.1 Å². The van der Waals surface area contributed by atoms with Crippen LogP contribution in [-0.2, 0) is 4.79 Å². The van der Waals surface area contributed by atoms with E-state index in [1.54, 1.807) is 16.2 Å². The molecule has 0 aromatic carbocycles. The third-order valence-corrected chi connectivity index (χ3v) is 4.99. The van der Waals surface area contributed by atoms with Gasteiger partial charge in [0.2, 0.25) is 0 Å². The van der Waals surface area contributed by atoms with Gasteiger partial charge in [0.15, 0.2) is 0 Å². The van der Waals surface area contributed by atoms with Crippen molar-refractivity contribution in [1.82, 2.24) is 15.2 Å². The predicted octanol–water partition coefficient (Wildman–Crippen LogP) is 2.33. The number of hydrogen-bond donors (Lipinski definition) is 2. The Labute approximate surface area is 128 Å². The van der Waals surface area contributed by atoms with Crippen molar-refractivity contribution in [2.75, 3.05) is 13.1 Å². The number of aromatic nitrogens is 1. The molecule has 2 atom stereocenters. The van der Waals surface area contributed by atoms with Gasteiger partial charge in [-0.25, -0.2) is 9.78 Å². The summed E-state index contributed by atoms with van der Waals surface area (Å²) in [7, 11) is 0. The molecule has 0 spiro atoms. The summed E-state index contributed by atoms with van der Waals surface area (Å²) in [4.78, 5) is 30.3. The third-order valence-electron chi connectivity index (χ3n) is 3.73. The average molecular weight is 311 g/mol. The number of nitrogens with one attached hydrogen (secondary N) is 1. The second-order valence-corrected chi connectivity index (χ2v) is 6.71. The van der Waals surface area contributed by atoms with Gasteiger partial charge in [0.05, 0.1) is 22.7 Å². The zero-order valence-electron chi connectivity index (χ0n) is 12.5. The smallest absolute Gasteiger partial charge is 0.317 e. The van der Waals surface area contributed by atoms with Crippen LogP contribution < -0.4 is 5.32 Å². The molecule has 1 saturated heterocycles. The van der Waals surface area contributed by atoms with Crippen molar-refractivity contribution in [3.63, 3.8) is 0 Å². The number of hydrogen-bond acceptors (Lipinski definition) is 4. The molecule has 1 aromatic rings. The highest BCUT2D eigenvalue weighted by Gasteiger charge is 2.29. The lowest BCUT2D eigenvalue weighted by molar-refractivity contribution is -0.143. The Balaban J connectivity index is 1.97. The monoisotopic (exact) mass is 311 g/mol. The van der Waals surface area contributed by atoms with E-state index in [0.29, 0.717) is 13.0 Å². The molecule has 0 radical (unpaired) electrons. The van der Waals surface area contributed by atoms with Crippen LogP contribution in [0.4, 0.5) is 4.79 Å². The molecule has 1 unspecified atom stereocenters. The van der Waals surface area contributed by atoms with Crippen LogP contribution in [0.2, 0.25) is 0 Å². The quantitative estimate of drug-likeness (QED) is 0.897. The summed E-state index contributed by atoms with van der Waals surface area (Å²) in [6.45, 7) is 6.70. The molecular weight excluding hydrogens is 290 g/mol. The van der Waals surface area contributed by atoms with E-state index in [2.05, 4.69) is 10.3 Å². The van der Waals surface area contributed by atoms with Crippen molar-refractivity contribution in [3.05, 3.63) is 15.6 Å². The van der Waals surface area contributed by atoms with E-state index < -0.39 is 11.9 Å². The second-order valence-electron chi connectivity index (χ2n) is 5.48. The summed E-state index contributed by atoms with van der Waals surface area (Å²) >= 11 is 1.58. The molecule has 116 valence electrons. The van der Waals surface area contributed by atoms with E-state index in [4.69, 9.17) is 5.11 Å². The lowest BCUT2D eigenvalue weighted by Crippen LogP contribution is -2.47. The molecule has 1 aliphatic heterocycles. The van der Waals surface area contributed by atoms with Crippen molar-refractivity contribution in [2.24, 2.45) is 5.92 Å². The summed E-state index contributed by atoms with van der Waals surface area (Å²) in [6.07, 6.45) is 1.37. The maximum atomic E-state index is 12.3. The van der Waals surface area contributed by atoms with Crippen LogP contribution in [0, 0.1) is 19.8 Å². The van der Waals surface area contributed by atoms with E-state index in [-0.39, 0.29) is 18.6 Å². The highest BCUT2D eigenvalue weighted by molar-refractivity contribution is 7.11. The Bertz CT molecular complexity index is 544. The van der Waals surface area contributed by atoms with Crippen LogP contribution in [0.1, 0.15) is 41.4 Å². The van der Waals surface area contributed by atoms with E-state index in [0.717, 1.165) is 22.0 Å². The molecule has 6 nitrogen and oxygen atoms in total. The molecule has 0 bridgehead atoms. The topological polar surface area (TPSA) is 82.5 Å². The molecule has 2 amide bonds. The largest absolute Gasteiger partial charge is 0.481 e. The first-order valence-corrected chi connectivity index (χ1v) is 7.92. The summed E-state index contributed by atoms with van der Waals surface area (Å²) in [5.74, 6) is -1.28. The number of likely N-dealkylation sites (tertiary alicyclic amines) is 1. The van der Waals surface area contributed by atoms with Gasteiger partial charge in [0.25, 0.3) is 0 Å². The lowest BCUT2D eigenvalue weighted by atomic mass is 9.99. The molecule has 1 aromatic heterocycles. The zero-order chi connectivity index (χ0) is 15.6. The Morgan fingerprint density at radius 2 is 2.19 bits per heavy atom. The van der Waals surface area contributed by atoms with E-state index in [9.17, 15) is 9.59 Å². The maximum Gasteiger partial charge on any atom is 0.317 e. The number of urea groups is 1. The van der Waals surface area contributed by atoms with Gasteiger partial charge < -0.3 is 15.3 Å². The van der Waals surface area contributed by atoms with Gasteiger partial charge in [-0.3, -0.25) is 4.79 Å². The maximum absolute atomic E-state index is 12.3. The minimum absolute atomic E-state index is 0.117. The van der Waals surface area contributed by atoms with Gasteiger partial charge in [0, 0.05) is 18.0 Å². The van der Waals surface area contributed by atoms with Crippen molar-refractivity contribution < 1.29 is 14.7 Å². The van der Waals surface area contributed by atoms with Crippen molar-refractivity contribution in [1.29, 1.82) is 0 Å². The third kappa shape index (κ3) is 3.72. The minimum Gasteiger partial charge on any atom is -0.481 e. The first-order chi connectivity index (χ1) is 9.88. The number of nitrogens with zero attached hydrogens (tertiary/aromatic N) is 2. The van der Waals surface area contributed by atoms with Crippen molar-refractivity contribution >= 4 is 23.3 Å². The van der Waals surface area contributed by atoms with Crippen molar-refractivity contribution in [3.8, 4) is 0 Å². The summed E-state index contributed by atoms with van der Waals surface area (Å²) in [5, 5.41) is 13.0. The molecule has 0 saturated carbocycles. The molecule has 2 heterocycles. The SMILES string of the molecule is Cc1nc(C)c(C(C)NC(=O)N2CCC[C@H](C(=O)O)C2)s1. The van der Waals surface area contributed by atoms with E-state index in [1.165, 1.54) is 0 Å². The summed E-state index contributed by atoms with van der Waals surface area (Å²) < 4.78 is 0. The van der Waals surface area contributed by atoms with Gasteiger partial charge in [-0.1, -0.05) is 0 Å². The number of aryl methyl sites for hydroxylation is 2. The fourth-order valence-electron chi connectivity index (χ4n) is 2.65. The van der Waals surface area contributed by atoms with Gasteiger partial charge in [-0.2, -0.15) is 0 Å². The van der Waals surface area contributed by atoms with Gasteiger partial charge in [0.1, 0.15) is 0 Å². The normalized spacial score (nSPS) is 20.1. The van der Waals surface area contributed by atoms with E-state index >= 15 is 0 Å². The van der Waals surface area contributed by atoms with Crippen LogP contribution in [0.25, 0.3) is 0 Å². The van der Waals surface area contributed by atoms with Crippen molar-refractivity contribution in [2.45, 2.75) is 39.7 Å². The number of carbonyl (C=O) groups excluding carboxylic acids is 1. The lowest BCUT2D eigenvalue weighted by Gasteiger charge is -2.31. The molecule has 1 fully saturated rings. The van der Waals surface area contributed by atoms with E-state index in [1.807, 2.05) is 20.8 Å². The fourth-order valence-corrected chi connectivity index (χ4v) is 3.58. The first-order valence-electron chi connectivity index (χ1n) is 7.10. The van der Waals surface area contributed by atoms with Crippen LogP contribution in [0.15, 0.2) is 0 Å². The van der Waals surface area contributed by atoms with Gasteiger partial charge in [-0.05, 0) is 33.6 Å². The standard InChI is InChI=1S/C14H21N3O3S/c1-8-12(21-10(3)15-8)9(2)16-14(20)17-6-4-5-11(7-17)13(18)19/h9,11H,4-7H2,1-3H3,(H,16,20)(H,18,19)/t9?,11-/m0/s1. The number of aliphatic carboxylic acids is 1. The molecule has 7 heteroatoms. The number of carbonyl (C=O) groups is 2. The van der Waals surface area contributed by atoms with Crippen LogP contribution >= 0.6 is 11.3 Å². The number of amides is 2. The second kappa shape index (κ2) is 6.43. The Hall–Kier alpha value is -1.63. The Kier molecular flexibility index (Phi) is 4.82. The van der Waals surface area contributed by atoms with Crippen LogP contribution in [0.3, 0.4) is 0 Å². The summed E-state index contributed by atoms with van der Waals surface area (Å²) in [5.41, 5.74) is 0.937. The minimum atomic E-state index is -0.825. The van der Waals surface area contributed by atoms with Gasteiger partial charge >= 0.3 is 12.0 Å². The number of thiazole rings is 1. The Morgan fingerprint density at radius 1 is 1.48 bits per heavy atom.